The third kappa shape index (κ3) is 4.38. The molecule has 2 atom stereocenters. The highest BCUT2D eigenvalue weighted by atomic mass is 16.6. The van der Waals surface area contributed by atoms with Gasteiger partial charge in [-0.3, -0.25) is 0 Å². The Bertz CT molecular complexity index is 543. The zero-order valence-corrected chi connectivity index (χ0v) is 12.8. The molecule has 2 rings (SSSR count). The van der Waals surface area contributed by atoms with Crippen LogP contribution in [0.3, 0.4) is 0 Å². The van der Waals surface area contributed by atoms with Gasteiger partial charge < -0.3 is 14.4 Å². The minimum atomic E-state index is -0.420. The van der Waals surface area contributed by atoms with E-state index in [0.29, 0.717) is 13.1 Å². The smallest absolute Gasteiger partial charge is 0.410 e. The SMILES string of the molecule is CC(C)O[C@H]1CN(C(=O)OCc2ccccc2)C[C@@H]1N=[N+]=[N-]. The molecule has 1 amide bonds. The Morgan fingerprint density at radius 2 is 2.14 bits per heavy atom. The molecule has 1 fully saturated rings. The highest BCUT2D eigenvalue weighted by Crippen LogP contribution is 2.19. The standard InChI is InChI=1S/C15H20N4O3/c1-11(2)22-14-9-19(8-13(14)17-18-16)15(20)21-10-12-6-4-3-5-7-12/h3-7,11,13-14H,8-10H2,1-2H3/t13-,14-/m0/s1. The molecule has 1 aromatic carbocycles. The maximum Gasteiger partial charge on any atom is 0.410 e. The summed E-state index contributed by atoms with van der Waals surface area (Å²) in [4.78, 5) is 16.5. The molecule has 0 aliphatic carbocycles. The fourth-order valence-electron chi connectivity index (χ4n) is 2.38. The summed E-state index contributed by atoms with van der Waals surface area (Å²) in [5, 5.41) is 3.72. The molecule has 1 saturated heterocycles. The molecule has 1 heterocycles. The van der Waals surface area contributed by atoms with Crippen molar-refractivity contribution in [2.24, 2.45) is 5.11 Å². The van der Waals surface area contributed by atoms with E-state index in [1.54, 1.807) is 0 Å². The Labute approximate surface area is 129 Å². The number of hydrogen-bond acceptors (Lipinski definition) is 4. The Hall–Kier alpha value is -2.24. The molecule has 0 unspecified atom stereocenters. The van der Waals surface area contributed by atoms with Gasteiger partial charge in [-0.1, -0.05) is 35.4 Å². The summed E-state index contributed by atoms with van der Waals surface area (Å²) in [5.41, 5.74) is 9.55. The average Bonchev–Trinajstić information content (AvgIpc) is 2.88. The molecule has 0 N–H and O–H groups in total. The van der Waals surface area contributed by atoms with E-state index in [0.717, 1.165) is 5.56 Å². The van der Waals surface area contributed by atoms with Crippen molar-refractivity contribution < 1.29 is 14.3 Å². The lowest BCUT2D eigenvalue weighted by Crippen LogP contribution is -2.31. The van der Waals surface area contributed by atoms with E-state index in [1.165, 1.54) is 4.90 Å². The highest BCUT2D eigenvalue weighted by Gasteiger charge is 2.36. The summed E-state index contributed by atoms with van der Waals surface area (Å²) in [7, 11) is 0. The first-order valence-electron chi connectivity index (χ1n) is 7.25. The number of benzene rings is 1. The number of ether oxygens (including phenoxy) is 2. The van der Waals surface area contributed by atoms with Gasteiger partial charge in [-0.2, -0.15) is 0 Å². The highest BCUT2D eigenvalue weighted by molar-refractivity contribution is 5.68. The molecule has 0 bridgehead atoms. The van der Waals surface area contributed by atoms with Crippen LogP contribution in [0.4, 0.5) is 4.79 Å². The summed E-state index contributed by atoms with van der Waals surface area (Å²) in [6, 6.07) is 9.10. The molecule has 22 heavy (non-hydrogen) atoms. The first-order valence-corrected chi connectivity index (χ1v) is 7.25. The molecule has 7 nitrogen and oxygen atoms in total. The normalized spacial score (nSPS) is 20.8. The van der Waals surface area contributed by atoms with Gasteiger partial charge >= 0.3 is 6.09 Å². The minimum absolute atomic E-state index is 0.00156. The van der Waals surface area contributed by atoms with Crippen molar-refractivity contribution in [3.63, 3.8) is 0 Å². The van der Waals surface area contributed by atoms with Crippen LogP contribution in [0.25, 0.3) is 10.4 Å². The van der Waals surface area contributed by atoms with Crippen molar-refractivity contribution in [1.82, 2.24) is 4.90 Å². The van der Waals surface area contributed by atoms with Crippen molar-refractivity contribution in [1.29, 1.82) is 0 Å². The number of carbonyl (C=O) groups excluding carboxylic acids is 1. The molecule has 0 saturated carbocycles. The van der Waals surface area contributed by atoms with Crippen LogP contribution in [-0.2, 0) is 16.1 Å². The van der Waals surface area contributed by atoms with E-state index < -0.39 is 6.09 Å². The fraction of sp³-hybridized carbons (Fsp3) is 0.533. The molecule has 0 spiro atoms. The third-order valence-corrected chi connectivity index (χ3v) is 3.35. The molecule has 1 aliphatic rings. The van der Waals surface area contributed by atoms with E-state index in [2.05, 4.69) is 10.0 Å². The van der Waals surface area contributed by atoms with Gasteiger partial charge in [-0.25, -0.2) is 4.79 Å². The van der Waals surface area contributed by atoms with Gasteiger partial charge in [-0.05, 0) is 24.9 Å². The molecule has 0 radical (unpaired) electrons. The van der Waals surface area contributed by atoms with Gasteiger partial charge in [-0.15, -0.1) is 0 Å². The van der Waals surface area contributed by atoms with E-state index >= 15 is 0 Å². The van der Waals surface area contributed by atoms with E-state index in [1.807, 2.05) is 44.2 Å². The third-order valence-electron chi connectivity index (χ3n) is 3.35. The van der Waals surface area contributed by atoms with Crippen LogP contribution < -0.4 is 0 Å². The van der Waals surface area contributed by atoms with Crippen LogP contribution in [-0.4, -0.2) is 42.3 Å². The largest absolute Gasteiger partial charge is 0.445 e. The zero-order chi connectivity index (χ0) is 15.9. The predicted octanol–water partition coefficient (Wildman–Crippen LogP) is 3.11. The van der Waals surface area contributed by atoms with Gasteiger partial charge in [0.2, 0.25) is 0 Å². The molecular formula is C15H20N4O3. The van der Waals surface area contributed by atoms with Crippen molar-refractivity contribution >= 4 is 6.09 Å². The maximum atomic E-state index is 12.1. The molecule has 1 aliphatic heterocycles. The lowest BCUT2D eigenvalue weighted by Gasteiger charge is -2.18. The monoisotopic (exact) mass is 304 g/mol. The second-order valence-electron chi connectivity index (χ2n) is 5.44. The number of hydrogen-bond donors (Lipinski definition) is 0. The van der Waals surface area contributed by atoms with Crippen LogP contribution in [0, 0.1) is 0 Å². The second kappa shape index (κ2) is 7.68. The fourth-order valence-corrected chi connectivity index (χ4v) is 2.38. The van der Waals surface area contributed by atoms with Crippen molar-refractivity contribution in [3.05, 3.63) is 46.3 Å². The van der Waals surface area contributed by atoms with Gasteiger partial charge in [0.1, 0.15) is 6.61 Å². The topological polar surface area (TPSA) is 87.5 Å². The summed E-state index contributed by atoms with van der Waals surface area (Å²) in [6.07, 6.45) is -0.710. The quantitative estimate of drug-likeness (QED) is 0.475. The van der Waals surface area contributed by atoms with E-state index in [4.69, 9.17) is 15.0 Å². The Morgan fingerprint density at radius 1 is 1.41 bits per heavy atom. The Morgan fingerprint density at radius 3 is 2.77 bits per heavy atom. The molecule has 0 aromatic heterocycles. The number of rotatable bonds is 5. The molecule has 7 heteroatoms. The summed E-state index contributed by atoms with van der Waals surface area (Å²) >= 11 is 0. The van der Waals surface area contributed by atoms with E-state index in [9.17, 15) is 4.79 Å². The van der Waals surface area contributed by atoms with Gasteiger partial charge in [0, 0.05) is 11.5 Å². The number of likely N-dealkylation sites (tertiary alicyclic amines) is 1. The second-order valence-corrected chi connectivity index (χ2v) is 5.44. The van der Waals surface area contributed by atoms with Crippen LogP contribution in [0.15, 0.2) is 35.4 Å². The summed E-state index contributed by atoms with van der Waals surface area (Å²) < 4.78 is 11.0. The number of amides is 1. The summed E-state index contributed by atoms with van der Waals surface area (Å²) in [5.74, 6) is 0. The minimum Gasteiger partial charge on any atom is -0.445 e. The maximum absolute atomic E-state index is 12.1. The first kappa shape index (κ1) is 16.1. The average molecular weight is 304 g/mol. The zero-order valence-electron chi connectivity index (χ0n) is 12.8. The lowest BCUT2D eigenvalue weighted by molar-refractivity contribution is 0.00639. The summed E-state index contributed by atoms with van der Waals surface area (Å²) in [6.45, 7) is 4.72. The first-order chi connectivity index (χ1) is 10.6. The van der Waals surface area contributed by atoms with Crippen LogP contribution in [0.2, 0.25) is 0 Å². The van der Waals surface area contributed by atoms with Crippen LogP contribution in [0.5, 0.6) is 0 Å². The van der Waals surface area contributed by atoms with Crippen LogP contribution >= 0.6 is 0 Å². The lowest BCUT2D eigenvalue weighted by atomic mass is 10.2. The predicted molar refractivity (Wildman–Crippen MR) is 81.1 cm³/mol. The molecular weight excluding hydrogens is 284 g/mol. The van der Waals surface area contributed by atoms with Crippen molar-refractivity contribution in [2.45, 2.75) is 38.7 Å². The van der Waals surface area contributed by atoms with Gasteiger partial charge in [0.25, 0.3) is 0 Å². The van der Waals surface area contributed by atoms with Crippen LogP contribution in [0.1, 0.15) is 19.4 Å². The number of nitrogens with zero attached hydrogens (tertiary/aromatic N) is 4. The van der Waals surface area contributed by atoms with E-state index in [-0.39, 0.29) is 24.9 Å². The van der Waals surface area contributed by atoms with Gasteiger partial charge in [0.05, 0.1) is 24.8 Å². The number of azide groups is 1. The van der Waals surface area contributed by atoms with Gasteiger partial charge in [0.15, 0.2) is 0 Å². The molecule has 118 valence electrons. The Balaban J connectivity index is 1.91. The number of carbonyl (C=O) groups is 1. The van der Waals surface area contributed by atoms with Crippen molar-refractivity contribution in [3.8, 4) is 0 Å². The molecule has 1 aromatic rings. The Kier molecular flexibility index (Phi) is 5.63. The van der Waals surface area contributed by atoms with Crippen molar-refractivity contribution in [2.75, 3.05) is 13.1 Å².